The van der Waals surface area contributed by atoms with Crippen LogP contribution in [0.25, 0.3) is 0 Å². The van der Waals surface area contributed by atoms with Crippen molar-refractivity contribution in [2.24, 2.45) is 0 Å². The smallest absolute Gasteiger partial charge is 0.243 e. The maximum absolute atomic E-state index is 13.3. The lowest BCUT2D eigenvalue weighted by atomic mass is 10.1. The van der Waals surface area contributed by atoms with E-state index in [1.54, 1.807) is 24.3 Å². The molecule has 1 fully saturated rings. The second kappa shape index (κ2) is 10.2. The lowest BCUT2D eigenvalue weighted by molar-refractivity contribution is -0.122. The van der Waals surface area contributed by atoms with E-state index in [4.69, 9.17) is 0 Å². The number of sulfonamides is 1. The summed E-state index contributed by atoms with van der Waals surface area (Å²) >= 11 is 0. The number of likely N-dealkylation sites (tertiary alicyclic amines) is 1. The molecule has 0 aromatic heterocycles. The third-order valence-electron chi connectivity index (χ3n) is 5.56. The normalized spacial score (nSPS) is 16.0. The predicted octanol–water partition coefficient (Wildman–Crippen LogP) is 2.44. The van der Waals surface area contributed by atoms with Gasteiger partial charge in [-0.15, -0.1) is 0 Å². The molecule has 0 radical (unpaired) electrons. The summed E-state index contributed by atoms with van der Waals surface area (Å²) < 4.78 is 27.9. The molecule has 1 aliphatic rings. The Morgan fingerprint density at radius 2 is 1.70 bits per heavy atom. The van der Waals surface area contributed by atoms with Crippen LogP contribution < -0.4 is 5.32 Å². The average Bonchev–Trinajstić information content (AvgIpc) is 2.73. The summed E-state index contributed by atoms with van der Waals surface area (Å²) in [6.07, 6.45) is 2.32. The lowest BCUT2D eigenvalue weighted by Gasteiger charge is -2.30. The molecule has 7 heteroatoms. The van der Waals surface area contributed by atoms with Gasteiger partial charge < -0.3 is 10.2 Å². The van der Waals surface area contributed by atoms with Gasteiger partial charge in [0.05, 0.1) is 11.4 Å². The zero-order valence-corrected chi connectivity index (χ0v) is 18.6. The van der Waals surface area contributed by atoms with Crippen LogP contribution in [0.1, 0.15) is 24.0 Å². The fraction of sp³-hybridized carbons (Fsp3) is 0.435. The first-order chi connectivity index (χ1) is 14.3. The van der Waals surface area contributed by atoms with Crippen LogP contribution in [0.3, 0.4) is 0 Å². The van der Waals surface area contributed by atoms with Gasteiger partial charge in [-0.3, -0.25) is 4.79 Å². The highest BCUT2D eigenvalue weighted by Gasteiger charge is 2.27. The minimum absolute atomic E-state index is 0.103. The molecule has 1 heterocycles. The van der Waals surface area contributed by atoms with Gasteiger partial charge >= 0.3 is 0 Å². The fourth-order valence-corrected chi connectivity index (χ4v) is 5.03. The van der Waals surface area contributed by atoms with Crippen molar-refractivity contribution in [3.63, 3.8) is 0 Å². The number of amides is 1. The number of aryl methyl sites for hydroxylation is 1. The Hall–Kier alpha value is -2.22. The number of rotatable bonds is 8. The van der Waals surface area contributed by atoms with Gasteiger partial charge in [0.2, 0.25) is 15.9 Å². The minimum atomic E-state index is -3.77. The first-order valence-electron chi connectivity index (χ1n) is 10.4. The van der Waals surface area contributed by atoms with Gasteiger partial charge in [-0.2, -0.15) is 4.31 Å². The number of carbonyl (C=O) groups excluding carboxylic acids is 1. The Bertz CT molecular complexity index is 922. The van der Waals surface area contributed by atoms with Crippen LogP contribution in [0, 0.1) is 6.92 Å². The number of piperidine rings is 1. The van der Waals surface area contributed by atoms with Gasteiger partial charge in [0, 0.05) is 12.6 Å². The number of hydrogen-bond donors (Lipinski definition) is 1. The summed E-state index contributed by atoms with van der Waals surface area (Å²) in [5.74, 6) is -0.242. The van der Waals surface area contributed by atoms with Crippen LogP contribution in [0.2, 0.25) is 0 Å². The number of carbonyl (C=O) groups is 1. The number of benzene rings is 2. The zero-order chi connectivity index (χ0) is 21.6. The maximum atomic E-state index is 13.3. The Morgan fingerprint density at radius 1 is 1.07 bits per heavy atom. The molecule has 0 aliphatic carbocycles. The molecule has 0 atom stereocenters. The van der Waals surface area contributed by atoms with Gasteiger partial charge in [0.1, 0.15) is 0 Å². The lowest BCUT2D eigenvalue weighted by Crippen LogP contribution is -2.48. The Balaban J connectivity index is 1.72. The second-order valence-electron chi connectivity index (χ2n) is 8.03. The molecule has 2 aromatic rings. The molecule has 2 aromatic carbocycles. The van der Waals surface area contributed by atoms with Crippen molar-refractivity contribution in [3.8, 4) is 0 Å². The molecule has 0 bridgehead atoms. The van der Waals surface area contributed by atoms with E-state index in [1.807, 2.05) is 37.3 Å². The van der Waals surface area contributed by atoms with Gasteiger partial charge in [0.15, 0.2) is 0 Å². The first-order valence-corrected chi connectivity index (χ1v) is 11.9. The molecule has 0 unspecified atom stereocenters. The highest BCUT2D eigenvalue weighted by atomic mass is 32.2. The molecule has 0 saturated carbocycles. The topological polar surface area (TPSA) is 69.7 Å². The van der Waals surface area contributed by atoms with Gasteiger partial charge in [0.25, 0.3) is 0 Å². The molecule has 1 amide bonds. The Labute approximate surface area is 179 Å². The maximum Gasteiger partial charge on any atom is 0.243 e. The van der Waals surface area contributed by atoms with Crippen molar-refractivity contribution < 1.29 is 13.2 Å². The molecule has 6 nitrogen and oxygen atoms in total. The zero-order valence-electron chi connectivity index (χ0n) is 17.8. The quantitative estimate of drug-likeness (QED) is 0.700. The van der Waals surface area contributed by atoms with Crippen LogP contribution in [0.15, 0.2) is 59.5 Å². The van der Waals surface area contributed by atoms with Crippen molar-refractivity contribution in [1.29, 1.82) is 0 Å². The molecule has 1 aliphatic heterocycles. The van der Waals surface area contributed by atoms with Crippen LogP contribution in [-0.2, 0) is 21.2 Å². The van der Waals surface area contributed by atoms with E-state index >= 15 is 0 Å². The third kappa shape index (κ3) is 6.14. The summed E-state index contributed by atoms with van der Waals surface area (Å²) in [5.41, 5.74) is 2.03. The highest BCUT2D eigenvalue weighted by Crippen LogP contribution is 2.17. The standard InChI is InChI=1S/C23H31N3O3S/c1-19-8-10-22(11-9-19)30(28,29)26(17-12-20-6-4-3-5-7-20)18-23(27)24-21-13-15-25(2)16-14-21/h3-11,21H,12-18H2,1-2H3,(H,24,27). The number of nitrogens with one attached hydrogen (secondary N) is 1. The van der Waals surface area contributed by atoms with Crippen LogP contribution in [-0.4, -0.2) is 62.8 Å². The van der Waals surface area contributed by atoms with Crippen molar-refractivity contribution in [3.05, 3.63) is 65.7 Å². The Kier molecular flexibility index (Phi) is 7.64. The molecule has 162 valence electrons. The van der Waals surface area contributed by atoms with Gasteiger partial charge in [-0.1, -0.05) is 48.0 Å². The first kappa shape index (κ1) is 22.5. The van der Waals surface area contributed by atoms with Crippen LogP contribution in [0.4, 0.5) is 0 Å². The fourth-order valence-electron chi connectivity index (χ4n) is 3.63. The monoisotopic (exact) mass is 429 g/mol. The summed E-state index contributed by atoms with van der Waals surface area (Å²) in [4.78, 5) is 15.2. The molecule has 1 N–H and O–H groups in total. The summed E-state index contributed by atoms with van der Waals surface area (Å²) in [6, 6.07) is 16.6. The van der Waals surface area contributed by atoms with E-state index in [-0.39, 0.29) is 29.9 Å². The number of nitrogens with zero attached hydrogens (tertiary/aromatic N) is 2. The van der Waals surface area contributed by atoms with E-state index in [0.717, 1.165) is 37.1 Å². The van der Waals surface area contributed by atoms with E-state index in [2.05, 4.69) is 17.3 Å². The van der Waals surface area contributed by atoms with Crippen LogP contribution >= 0.6 is 0 Å². The Morgan fingerprint density at radius 3 is 2.33 bits per heavy atom. The van der Waals surface area contributed by atoms with Crippen LogP contribution in [0.5, 0.6) is 0 Å². The summed E-state index contributed by atoms with van der Waals surface area (Å²) in [5, 5.41) is 3.03. The summed E-state index contributed by atoms with van der Waals surface area (Å²) in [7, 11) is -1.70. The molecule has 3 rings (SSSR count). The summed E-state index contributed by atoms with van der Waals surface area (Å²) in [6.45, 7) is 3.86. The van der Waals surface area contributed by atoms with Gasteiger partial charge in [-0.05, 0) is 64.0 Å². The van der Waals surface area contributed by atoms with Gasteiger partial charge in [-0.25, -0.2) is 8.42 Å². The van der Waals surface area contributed by atoms with E-state index in [0.29, 0.717) is 6.42 Å². The third-order valence-corrected chi connectivity index (χ3v) is 7.41. The average molecular weight is 430 g/mol. The second-order valence-corrected chi connectivity index (χ2v) is 9.97. The van der Waals surface area contributed by atoms with Crippen molar-refractivity contribution in [2.75, 3.05) is 33.2 Å². The SMILES string of the molecule is Cc1ccc(S(=O)(=O)N(CCc2ccccc2)CC(=O)NC2CCN(C)CC2)cc1. The van der Waals surface area contributed by atoms with E-state index in [1.165, 1.54) is 4.31 Å². The minimum Gasteiger partial charge on any atom is -0.352 e. The molecular weight excluding hydrogens is 398 g/mol. The molecule has 0 spiro atoms. The molecule has 30 heavy (non-hydrogen) atoms. The number of hydrogen-bond acceptors (Lipinski definition) is 4. The predicted molar refractivity (Wildman–Crippen MR) is 119 cm³/mol. The van der Waals surface area contributed by atoms with Crippen molar-refractivity contribution in [1.82, 2.24) is 14.5 Å². The highest BCUT2D eigenvalue weighted by molar-refractivity contribution is 7.89. The molecular formula is C23H31N3O3S. The molecule has 1 saturated heterocycles. The van der Waals surface area contributed by atoms with Crippen molar-refractivity contribution >= 4 is 15.9 Å². The van der Waals surface area contributed by atoms with E-state index in [9.17, 15) is 13.2 Å². The largest absolute Gasteiger partial charge is 0.352 e. The van der Waals surface area contributed by atoms with Crippen molar-refractivity contribution in [2.45, 2.75) is 37.1 Å². The van der Waals surface area contributed by atoms with E-state index < -0.39 is 10.0 Å².